The lowest BCUT2D eigenvalue weighted by Crippen LogP contribution is -2.24. The van der Waals surface area contributed by atoms with Crippen LogP contribution in [0.25, 0.3) is 0 Å². The first-order chi connectivity index (χ1) is 8.74. The Morgan fingerprint density at radius 1 is 1.22 bits per heavy atom. The van der Waals surface area contributed by atoms with Gasteiger partial charge in [0.05, 0.1) is 12.8 Å². The second-order valence-electron chi connectivity index (χ2n) is 4.25. The molecule has 1 aromatic carbocycles. The average molecular weight is 309 g/mol. The van der Waals surface area contributed by atoms with Crippen molar-refractivity contribution in [1.82, 2.24) is 4.90 Å². The molecule has 1 heterocycles. The quantitative estimate of drug-likeness (QED) is 0.884. The van der Waals surface area contributed by atoms with Crippen molar-refractivity contribution in [3.05, 3.63) is 52.9 Å². The van der Waals surface area contributed by atoms with Gasteiger partial charge in [0.2, 0.25) is 0 Å². The normalized spacial score (nSPS) is 10.8. The third-order valence-electron chi connectivity index (χ3n) is 2.67. The van der Waals surface area contributed by atoms with Crippen molar-refractivity contribution >= 4 is 21.6 Å². The van der Waals surface area contributed by atoms with Gasteiger partial charge in [-0.25, -0.2) is 0 Å². The first-order valence-corrected chi connectivity index (χ1v) is 6.74. The van der Waals surface area contributed by atoms with Gasteiger partial charge in [-0.1, -0.05) is 15.9 Å². The fourth-order valence-corrected chi connectivity index (χ4v) is 1.97. The van der Waals surface area contributed by atoms with E-state index in [-0.39, 0.29) is 0 Å². The summed E-state index contributed by atoms with van der Waals surface area (Å²) in [6.07, 6.45) is 1.71. The zero-order valence-electron chi connectivity index (χ0n) is 10.4. The number of likely N-dealkylation sites (N-methyl/N-ethyl adjacent to an activating group) is 1. The Hall–Kier alpha value is -1.26. The summed E-state index contributed by atoms with van der Waals surface area (Å²) < 4.78 is 6.41. The van der Waals surface area contributed by atoms with Crippen LogP contribution in [0.3, 0.4) is 0 Å². The summed E-state index contributed by atoms with van der Waals surface area (Å²) in [4.78, 5) is 2.23. The molecule has 1 aromatic heterocycles. The van der Waals surface area contributed by atoms with Crippen LogP contribution < -0.4 is 5.32 Å². The van der Waals surface area contributed by atoms with Crippen molar-refractivity contribution in [1.29, 1.82) is 0 Å². The third-order valence-corrected chi connectivity index (χ3v) is 3.20. The predicted molar refractivity (Wildman–Crippen MR) is 77.7 cm³/mol. The van der Waals surface area contributed by atoms with Crippen LogP contribution >= 0.6 is 15.9 Å². The Bertz CT molecular complexity index is 453. The molecule has 4 heteroatoms. The largest absolute Gasteiger partial charge is 0.468 e. The van der Waals surface area contributed by atoms with Crippen molar-refractivity contribution in [3.63, 3.8) is 0 Å². The number of anilines is 1. The average Bonchev–Trinajstić information content (AvgIpc) is 2.84. The molecular weight excluding hydrogens is 292 g/mol. The molecule has 0 amide bonds. The lowest BCUT2D eigenvalue weighted by Gasteiger charge is -2.15. The standard InChI is InChI=1S/C14H17BrN2O/c1-17(11-14-3-2-10-18-14)9-8-16-13-6-4-12(15)5-7-13/h2-7,10,16H,8-9,11H2,1H3. The first-order valence-electron chi connectivity index (χ1n) is 5.94. The maximum absolute atomic E-state index is 5.31. The molecule has 2 rings (SSSR count). The van der Waals surface area contributed by atoms with Crippen molar-refractivity contribution in [3.8, 4) is 0 Å². The van der Waals surface area contributed by atoms with Crippen LogP contribution in [0, 0.1) is 0 Å². The Kier molecular flexibility index (Phi) is 4.84. The highest BCUT2D eigenvalue weighted by Gasteiger charge is 2.01. The van der Waals surface area contributed by atoms with E-state index >= 15 is 0 Å². The Morgan fingerprint density at radius 2 is 2.00 bits per heavy atom. The van der Waals surface area contributed by atoms with Gasteiger partial charge in [-0.15, -0.1) is 0 Å². The van der Waals surface area contributed by atoms with Gasteiger partial charge in [0.15, 0.2) is 0 Å². The van der Waals surface area contributed by atoms with Gasteiger partial charge in [-0.05, 0) is 43.4 Å². The highest BCUT2D eigenvalue weighted by atomic mass is 79.9. The summed E-state index contributed by atoms with van der Waals surface area (Å²) in [6.45, 7) is 2.73. The molecule has 0 fully saturated rings. The van der Waals surface area contributed by atoms with Crippen LogP contribution in [0.1, 0.15) is 5.76 Å². The molecule has 96 valence electrons. The topological polar surface area (TPSA) is 28.4 Å². The van der Waals surface area contributed by atoms with Gasteiger partial charge in [-0.3, -0.25) is 4.90 Å². The number of rotatable bonds is 6. The van der Waals surface area contributed by atoms with E-state index in [1.54, 1.807) is 6.26 Å². The highest BCUT2D eigenvalue weighted by Crippen LogP contribution is 2.13. The minimum absolute atomic E-state index is 0.842. The molecule has 3 nitrogen and oxygen atoms in total. The Balaban J connectivity index is 1.70. The minimum Gasteiger partial charge on any atom is -0.468 e. The van der Waals surface area contributed by atoms with E-state index in [1.165, 1.54) is 0 Å². The minimum atomic E-state index is 0.842. The number of furan rings is 1. The molecule has 0 aliphatic heterocycles. The maximum Gasteiger partial charge on any atom is 0.117 e. The molecule has 0 spiro atoms. The lowest BCUT2D eigenvalue weighted by atomic mass is 10.3. The molecule has 0 aliphatic rings. The SMILES string of the molecule is CN(CCNc1ccc(Br)cc1)Cc1ccco1. The summed E-state index contributed by atoms with van der Waals surface area (Å²) >= 11 is 3.42. The van der Waals surface area contributed by atoms with Crippen LogP contribution in [0.15, 0.2) is 51.6 Å². The Morgan fingerprint density at radius 3 is 2.67 bits per heavy atom. The number of halogens is 1. The molecule has 2 aromatic rings. The van der Waals surface area contributed by atoms with Crippen LogP contribution in [-0.2, 0) is 6.54 Å². The molecule has 0 saturated heterocycles. The highest BCUT2D eigenvalue weighted by molar-refractivity contribution is 9.10. The molecular formula is C14H17BrN2O. The van der Waals surface area contributed by atoms with E-state index in [0.717, 1.165) is 35.6 Å². The third kappa shape index (κ3) is 4.20. The second kappa shape index (κ2) is 6.61. The zero-order valence-corrected chi connectivity index (χ0v) is 12.0. The van der Waals surface area contributed by atoms with E-state index in [9.17, 15) is 0 Å². The van der Waals surface area contributed by atoms with E-state index < -0.39 is 0 Å². The molecule has 0 saturated carbocycles. The lowest BCUT2D eigenvalue weighted by molar-refractivity contribution is 0.305. The van der Waals surface area contributed by atoms with Gasteiger partial charge in [0.1, 0.15) is 5.76 Å². The molecule has 0 bridgehead atoms. The molecule has 0 atom stereocenters. The number of hydrogen-bond acceptors (Lipinski definition) is 3. The van der Waals surface area contributed by atoms with Crippen LogP contribution in [0.5, 0.6) is 0 Å². The van der Waals surface area contributed by atoms with Crippen molar-refractivity contribution in [2.24, 2.45) is 0 Å². The summed E-state index contributed by atoms with van der Waals surface area (Å²) in [6, 6.07) is 12.1. The smallest absolute Gasteiger partial charge is 0.117 e. The van der Waals surface area contributed by atoms with Crippen LogP contribution in [-0.4, -0.2) is 25.0 Å². The van der Waals surface area contributed by atoms with Gasteiger partial charge >= 0.3 is 0 Å². The Labute approximate surface area is 116 Å². The molecule has 0 aliphatic carbocycles. The van der Waals surface area contributed by atoms with Crippen LogP contribution in [0.4, 0.5) is 5.69 Å². The van der Waals surface area contributed by atoms with Gasteiger partial charge in [0, 0.05) is 23.2 Å². The molecule has 0 radical (unpaired) electrons. The first kappa shape index (κ1) is 13.2. The van der Waals surface area contributed by atoms with Crippen molar-refractivity contribution < 1.29 is 4.42 Å². The monoisotopic (exact) mass is 308 g/mol. The number of nitrogens with one attached hydrogen (secondary N) is 1. The number of nitrogens with zero attached hydrogens (tertiary/aromatic N) is 1. The van der Waals surface area contributed by atoms with Gasteiger partial charge < -0.3 is 9.73 Å². The number of benzene rings is 1. The fourth-order valence-electron chi connectivity index (χ4n) is 1.71. The van der Waals surface area contributed by atoms with Crippen molar-refractivity contribution in [2.75, 3.05) is 25.5 Å². The molecule has 0 unspecified atom stereocenters. The fraction of sp³-hybridized carbons (Fsp3) is 0.286. The van der Waals surface area contributed by atoms with Crippen molar-refractivity contribution in [2.45, 2.75) is 6.54 Å². The summed E-state index contributed by atoms with van der Waals surface area (Å²) in [5.41, 5.74) is 1.14. The second-order valence-corrected chi connectivity index (χ2v) is 5.17. The van der Waals surface area contributed by atoms with E-state index in [0.29, 0.717) is 0 Å². The van der Waals surface area contributed by atoms with E-state index in [4.69, 9.17) is 4.42 Å². The zero-order chi connectivity index (χ0) is 12.8. The number of hydrogen-bond donors (Lipinski definition) is 1. The summed E-state index contributed by atoms with van der Waals surface area (Å²) in [5.74, 6) is 1.00. The van der Waals surface area contributed by atoms with E-state index in [2.05, 4.69) is 45.3 Å². The van der Waals surface area contributed by atoms with Crippen LogP contribution in [0.2, 0.25) is 0 Å². The van der Waals surface area contributed by atoms with Gasteiger partial charge in [0.25, 0.3) is 0 Å². The van der Waals surface area contributed by atoms with E-state index in [1.807, 2.05) is 24.3 Å². The summed E-state index contributed by atoms with van der Waals surface area (Å²) in [5, 5.41) is 3.39. The predicted octanol–water partition coefficient (Wildman–Crippen LogP) is 3.59. The van der Waals surface area contributed by atoms with Gasteiger partial charge in [-0.2, -0.15) is 0 Å². The molecule has 18 heavy (non-hydrogen) atoms. The molecule has 1 N–H and O–H groups in total. The maximum atomic E-state index is 5.31. The summed E-state index contributed by atoms with van der Waals surface area (Å²) in [7, 11) is 2.09.